The molecule has 0 aliphatic heterocycles. The van der Waals surface area contributed by atoms with E-state index >= 15 is 0 Å². The van der Waals surface area contributed by atoms with Gasteiger partial charge in [0.15, 0.2) is 5.13 Å². The molecule has 17 heavy (non-hydrogen) atoms. The first kappa shape index (κ1) is 13.4. The summed E-state index contributed by atoms with van der Waals surface area (Å²) in [7, 11) is 0. The van der Waals surface area contributed by atoms with E-state index in [9.17, 15) is 9.59 Å². The molecule has 0 aliphatic carbocycles. The van der Waals surface area contributed by atoms with E-state index in [2.05, 4.69) is 15.0 Å². The number of rotatable bonds is 4. The second-order valence-corrected chi connectivity index (χ2v) is 5.04. The molecule has 0 saturated carbocycles. The van der Waals surface area contributed by atoms with Crippen LogP contribution in [0.4, 0.5) is 9.93 Å². The highest BCUT2D eigenvalue weighted by Gasteiger charge is 2.17. The number of carbonyl (C=O) groups is 2. The maximum absolute atomic E-state index is 11.4. The molecule has 1 N–H and O–H groups in total. The third-order valence-electron chi connectivity index (χ3n) is 1.46. The zero-order chi connectivity index (χ0) is 12.9. The summed E-state index contributed by atoms with van der Waals surface area (Å²) >= 11 is 1.24. The van der Waals surface area contributed by atoms with Crippen molar-refractivity contribution in [2.45, 2.75) is 33.0 Å². The Hall–Kier alpha value is -1.63. The van der Waals surface area contributed by atoms with Crippen molar-refractivity contribution >= 4 is 29.0 Å². The van der Waals surface area contributed by atoms with Crippen LogP contribution in [0.1, 0.15) is 26.5 Å². The quantitative estimate of drug-likeness (QED) is 0.837. The lowest BCUT2D eigenvalue weighted by Crippen LogP contribution is -2.27. The van der Waals surface area contributed by atoms with Crippen LogP contribution in [0.3, 0.4) is 0 Å². The van der Waals surface area contributed by atoms with Gasteiger partial charge in [-0.05, 0) is 20.8 Å². The van der Waals surface area contributed by atoms with Crippen LogP contribution in [0.15, 0.2) is 5.38 Å². The highest BCUT2D eigenvalue weighted by molar-refractivity contribution is 7.13. The average Bonchev–Trinajstić information content (AvgIpc) is 2.59. The van der Waals surface area contributed by atoms with E-state index in [-0.39, 0.29) is 6.61 Å². The molecule has 1 aromatic heterocycles. The summed E-state index contributed by atoms with van der Waals surface area (Å²) in [6.45, 7) is 5.77. The number of nitrogens with zero attached hydrogens (tertiary/aromatic N) is 1. The minimum atomic E-state index is -0.560. The second-order valence-electron chi connectivity index (χ2n) is 4.18. The monoisotopic (exact) mass is 258 g/mol. The second kappa shape index (κ2) is 5.62. The largest absolute Gasteiger partial charge is 0.461 e. The van der Waals surface area contributed by atoms with Gasteiger partial charge in [0, 0.05) is 5.38 Å². The Morgan fingerprint density at radius 1 is 1.59 bits per heavy atom. The van der Waals surface area contributed by atoms with E-state index in [1.54, 1.807) is 26.2 Å². The molecule has 1 amide bonds. The maximum Gasteiger partial charge on any atom is 0.413 e. The fourth-order valence-electron chi connectivity index (χ4n) is 0.941. The molecule has 0 saturated heterocycles. The van der Waals surface area contributed by atoms with Gasteiger partial charge in [-0.25, -0.2) is 9.78 Å². The average molecular weight is 258 g/mol. The normalized spacial score (nSPS) is 10.8. The Morgan fingerprint density at radius 3 is 2.88 bits per heavy atom. The molecule has 0 aliphatic rings. The molecular weight excluding hydrogens is 244 g/mol. The van der Waals surface area contributed by atoms with Crippen molar-refractivity contribution in [2.24, 2.45) is 0 Å². The fraction of sp³-hybridized carbons (Fsp3) is 0.500. The summed E-state index contributed by atoms with van der Waals surface area (Å²) in [5.41, 5.74) is 0.0262. The smallest absolute Gasteiger partial charge is 0.413 e. The SMILES string of the molecule is CC(C)(C)OC(=O)Nc1nc(COC=O)cs1. The van der Waals surface area contributed by atoms with E-state index in [0.717, 1.165) is 0 Å². The van der Waals surface area contributed by atoms with Gasteiger partial charge in [0.05, 0.1) is 5.69 Å². The summed E-state index contributed by atoms with van der Waals surface area (Å²) < 4.78 is 9.60. The van der Waals surface area contributed by atoms with Crippen LogP contribution in [0, 0.1) is 0 Å². The van der Waals surface area contributed by atoms with Gasteiger partial charge in [-0.2, -0.15) is 0 Å². The third kappa shape index (κ3) is 5.30. The summed E-state index contributed by atoms with van der Waals surface area (Å²) in [5.74, 6) is 0. The van der Waals surface area contributed by atoms with Crippen LogP contribution >= 0.6 is 11.3 Å². The Labute approximate surface area is 103 Å². The Balaban J connectivity index is 2.48. The lowest BCUT2D eigenvalue weighted by Gasteiger charge is -2.18. The number of hydrogen-bond donors (Lipinski definition) is 1. The van der Waals surface area contributed by atoms with Crippen molar-refractivity contribution in [3.8, 4) is 0 Å². The number of aromatic nitrogens is 1. The number of nitrogens with one attached hydrogen (secondary N) is 1. The lowest BCUT2D eigenvalue weighted by atomic mass is 10.2. The van der Waals surface area contributed by atoms with Crippen molar-refractivity contribution in [1.29, 1.82) is 0 Å². The molecule has 0 unspecified atom stereocenters. The van der Waals surface area contributed by atoms with E-state index in [1.807, 2.05) is 0 Å². The van der Waals surface area contributed by atoms with Gasteiger partial charge in [0.2, 0.25) is 0 Å². The first-order valence-electron chi connectivity index (χ1n) is 4.90. The summed E-state index contributed by atoms with van der Waals surface area (Å²) in [6, 6.07) is 0. The Morgan fingerprint density at radius 2 is 2.29 bits per heavy atom. The number of ether oxygens (including phenoxy) is 2. The van der Waals surface area contributed by atoms with Crippen molar-refractivity contribution in [1.82, 2.24) is 4.98 Å². The van der Waals surface area contributed by atoms with Crippen LogP contribution in [0.2, 0.25) is 0 Å². The number of carbonyl (C=O) groups excluding carboxylic acids is 2. The van der Waals surface area contributed by atoms with Crippen molar-refractivity contribution in [2.75, 3.05) is 5.32 Å². The molecule has 7 heteroatoms. The molecule has 1 heterocycles. The van der Waals surface area contributed by atoms with E-state index in [0.29, 0.717) is 17.3 Å². The van der Waals surface area contributed by atoms with Crippen molar-refractivity contribution in [3.63, 3.8) is 0 Å². The highest BCUT2D eigenvalue weighted by atomic mass is 32.1. The molecule has 94 valence electrons. The fourth-order valence-corrected chi connectivity index (χ4v) is 1.62. The zero-order valence-electron chi connectivity index (χ0n) is 9.85. The standard InChI is InChI=1S/C10H14N2O4S/c1-10(2,3)16-9(14)12-8-11-7(5-17-8)4-15-6-13/h5-6H,4H2,1-3H3,(H,11,12,14). The lowest BCUT2D eigenvalue weighted by molar-refractivity contribution is -0.129. The van der Waals surface area contributed by atoms with Crippen LogP contribution in [-0.4, -0.2) is 23.2 Å². The van der Waals surface area contributed by atoms with Gasteiger partial charge in [0.1, 0.15) is 12.2 Å². The molecule has 0 radical (unpaired) electrons. The molecule has 0 bridgehead atoms. The van der Waals surface area contributed by atoms with Gasteiger partial charge in [-0.3, -0.25) is 10.1 Å². The first-order chi connectivity index (χ1) is 7.90. The topological polar surface area (TPSA) is 77.5 Å². The van der Waals surface area contributed by atoms with Gasteiger partial charge in [-0.1, -0.05) is 0 Å². The minimum absolute atomic E-state index is 0.0933. The van der Waals surface area contributed by atoms with Gasteiger partial charge < -0.3 is 9.47 Å². The van der Waals surface area contributed by atoms with Gasteiger partial charge in [-0.15, -0.1) is 11.3 Å². The predicted molar refractivity (Wildman–Crippen MR) is 62.8 cm³/mol. The minimum Gasteiger partial charge on any atom is -0.461 e. The predicted octanol–water partition coefficient (Wildman–Crippen LogP) is 2.16. The molecule has 0 atom stereocenters. The zero-order valence-corrected chi connectivity index (χ0v) is 10.7. The molecule has 1 aromatic rings. The summed E-state index contributed by atoms with van der Waals surface area (Å²) in [5, 5.41) is 4.59. The van der Waals surface area contributed by atoms with Crippen molar-refractivity contribution < 1.29 is 19.1 Å². The van der Waals surface area contributed by atoms with E-state index in [4.69, 9.17) is 4.74 Å². The molecule has 0 aromatic carbocycles. The molecular formula is C10H14N2O4S. The first-order valence-corrected chi connectivity index (χ1v) is 5.78. The van der Waals surface area contributed by atoms with Crippen LogP contribution in [0.25, 0.3) is 0 Å². The van der Waals surface area contributed by atoms with Gasteiger partial charge >= 0.3 is 6.09 Å². The van der Waals surface area contributed by atoms with Crippen molar-refractivity contribution in [3.05, 3.63) is 11.1 Å². The van der Waals surface area contributed by atoms with E-state index in [1.165, 1.54) is 11.3 Å². The van der Waals surface area contributed by atoms with Crippen LogP contribution in [-0.2, 0) is 20.9 Å². The third-order valence-corrected chi connectivity index (χ3v) is 2.27. The number of hydrogen-bond acceptors (Lipinski definition) is 6. The summed E-state index contributed by atoms with van der Waals surface area (Å²) in [4.78, 5) is 25.4. The Bertz CT molecular complexity index is 397. The van der Waals surface area contributed by atoms with E-state index < -0.39 is 11.7 Å². The number of thiazole rings is 1. The molecule has 0 spiro atoms. The maximum atomic E-state index is 11.4. The molecule has 0 fully saturated rings. The van der Waals surface area contributed by atoms with Crippen LogP contribution in [0.5, 0.6) is 0 Å². The molecule has 6 nitrogen and oxygen atoms in total. The Kier molecular flexibility index (Phi) is 4.45. The van der Waals surface area contributed by atoms with Gasteiger partial charge in [0.25, 0.3) is 6.47 Å². The number of amides is 1. The van der Waals surface area contributed by atoms with Crippen LogP contribution < -0.4 is 5.32 Å². The summed E-state index contributed by atoms with van der Waals surface area (Å²) in [6.07, 6.45) is -0.560. The molecule has 1 rings (SSSR count). The number of anilines is 1. The highest BCUT2D eigenvalue weighted by Crippen LogP contribution is 2.17.